The Bertz CT molecular complexity index is 930. The number of fused-ring (bicyclic) bond motifs is 3. The molecule has 1 amide bonds. The predicted octanol–water partition coefficient (Wildman–Crippen LogP) is -1.86. The predicted molar refractivity (Wildman–Crippen MR) is 110 cm³/mol. The summed E-state index contributed by atoms with van der Waals surface area (Å²) in [6, 6.07) is 3.53. The van der Waals surface area contributed by atoms with Crippen molar-refractivity contribution < 1.29 is 44.6 Å². The number of rotatable bonds is 6. The highest BCUT2D eigenvalue weighted by molar-refractivity contribution is 6.62. The van der Waals surface area contributed by atoms with Crippen LogP contribution in [0.15, 0.2) is 12.1 Å². The zero-order chi connectivity index (χ0) is 22.6. The lowest BCUT2D eigenvalue weighted by molar-refractivity contribution is -0.376. The van der Waals surface area contributed by atoms with Gasteiger partial charge in [-0.2, -0.15) is 0 Å². The van der Waals surface area contributed by atoms with Crippen molar-refractivity contribution in [2.24, 2.45) is 0 Å². The van der Waals surface area contributed by atoms with E-state index in [0.717, 1.165) is 6.54 Å². The summed E-state index contributed by atoms with van der Waals surface area (Å²) in [7, 11) is 0. The van der Waals surface area contributed by atoms with E-state index in [1.165, 1.54) is 0 Å². The molecule has 1 aliphatic carbocycles. The number of aromatic carboxylic acids is 1. The van der Waals surface area contributed by atoms with Crippen LogP contribution in [-0.4, -0.2) is 89.7 Å². The number of carboxylic acids is 1. The Kier molecular flexibility index (Phi) is 5.29. The average molecular weight is 449 g/mol. The molecule has 1 saturated carbocycles. The Labute approximate surface area is 184 Å². The van der Waals surface area contributed by atoms with Crippen LogP contribution in [0.2, 0.25) is 5.82 Å². The number of nitrogens with zero attached hydrogens (tertiary/aromatic N) is 1. The molecule has 11 nitrogen and oxygen atoms in total. The minimum Gasteiger partial charge on any atom is -0.669 e. The number of hydrogen-bond acceptors (Lipinski definition) is 8. The summed E-state index contributed by atoms with van der Waals surface area (Å²) < 4.78 is 16.9. The van der Waals surface area contributed by atoms with E-state index in [1.54, 1.807) is 17.0 Å². The highest BCUT2D eigenvalue weighted by Gasteiger charge is 2.55. The number of carboxylic acid groups (broad SMARTS) is 1. The maximum absolute atomic E-state index is 12.5. The van der Waals surface area contributed by atoms with E-state index in [-0.39, 0.29) is 53.6 Å². The molecule has 12 heteroatoms. The van der Waals surface area contributed by atoms with Crippen molar-refractivity contribution >= 4 is 18.6 Å². The van der Waals surface area contributed by atoms with Crippen LogP contribution in [0, 0.1) is 0 Å². The summed E-state index contributed by atoms with van der Waals surface area (Å²) in [5, 5.41) is 33.3. The van der Waals surface area contributed by atoms with Crippen LogP contribution in [-0.2, 0) is 9.53 Å². The number of morpholine rings is 1. The molecule has 174 valence electrons. The second-order valence-electron chi connectivity index (χ2n) is 9.14. The Morgan fingerprint density at radius 1 is 1.31 bits per heavy atom. The van der Waals surface area contributed by atoms with Gasteiger partial charge in [0.05, 0.1) is 50.6 Å². The van der Waals surface area contributed by atoms with E-state index in [0.29, 0.717) is 38.2 Å². The van der Waals surface area contributed by atoms with E-state index in [4.69, 9.17) is 14.1 Å². The minimum atomic E-state index is -3.09. The van der Waals surface area contributed by atoms with Crippen LogP contribution < -0.4 is 20.4 Å². The van der Waals surface area contributed by atoms with Gasteiger partial charge in [0, 0.05) is 6.54 Å². The Morgan fingerprint density at radius 2 is 2.09 bits per heavy atom. The standard InChI is InChI=1S/C20H27BN3O8/c22-5-10-9-30-11(6-23-10)3-17(25)24-7-12(8-24)31-16-2-1-13-14-4-15(14)21(28,29)32-19(13)18(16)20(26)27/h1-2,10-12,14-15,23,28-29H,3-9,22H2,(H,26,27)/q-1/p+1/t10?,11?,14?,15-/m1/s1. The molecule has 0 aromatic heterocycles. The number of amides is 1. The van der Waals surface area contributed by atoms with Gasteiger partial charge < -0.3 is 45.2 Å². The third-order valence-corrected chi connectivity index (χ3v) is 6.86. The first-order valence-electron chi connectivity index (χ1n) is 11.0. The third-order valence-electron chi connectivity index (χ3n) is 6.86. The first-order valence-corrected chi connectivity index (χ1v) is 11.0. The molecule has 0 spiro atoms. The van der Waals surface area contributed by atoms with Gasteiger partial charge in [0.2, 0.25) is 5.91 Å². The van der Waals surface area contributed by atoms with Crippen LogP contribution in [0.4, 0.5) is 0 Å². The molecule has 32 heavy (non-hydrogen) atoms. The van der Waals surface area contributed by atoms with Crippen molar-refractivity contribution in [3.63, 3.8) is 0 Å². The van der Waals surface area contributed by atoms with Gasteiger partial charge >= 0.3 is 12.7 Å². The van der Waals surface area contributed by atoms with Crippen molar-refractivity contribution in [1.82, 2.24) is 10.2 Å². The summed E-state index contributed by atoms with van der Waals surface area (Å²) in [5.74, 6) is -1.75. The Morgan fingerprint density at radius 3 is 2.75 bits per heavy atom. The maximum atomic E-state index is 12.5. The fraction of sp³-hybridized carbons (Fsp3) is 0.600. The molecule has 0 radical (unpaired) electrons. The second kappa shape index (κ2) is 7.89. The molecule has 3 heterocycles. The number of carbonyl (C=O) groups is 2. The van der Waals surface area contributed by atoms with Crippen molar-refractivity contribution in [1.29, 1.82) is 0 Å². The number of ether oxygens (including phenoxy) is 2. The lowest BCUT2D eigenvalue weighted by atomic mass is 9.68. The molecule has 7 N–H and O–H groups in total. The van der Waals surface area contributed by atoms with Gasteiger partial charge in [-0.05, 0) is 17.5 Å². The highest BCUT2D eigenvalue weighted by Crippen LogP contribution is 2.63. The van der Waals surface area contributed by atoms with Crippen LogP contribution in [0.5, 0.6) is 11.5 Å². The van der Waals surface area contributed by atoms with Gasteiger partial charge in [-0.1, -0.05) is 18.3 Å². The molecule has 1 aromatic carbocycles. The van der Waals surface area contributed by atoms with Gasteiger partial charge in [-0.25, -0.2) is 4.79 Å². The quantitative estimate of drug-likeness (QED) is 0.313. The van der Waals surface area contributed by atoms with Crippen LogP contribution in [0.1, 0.15) is 34.7 Å². The summed E-state index contributed by atoms with van der Waals surface area (Å²) in [6.45, 7) is -0.522. The Balaban J connectivity index is 1.20. The van der Waals surface area contributed by atoms with Crippen molar-refractivity contribution in [2.75, 3.05) is 32.8 Å². The molecule has 3 fully saturated rings. The SMILES string of the molecule is [NH3+]CC1COC(CC(=O)N2CC(Oc3ccc4c(c3C(=O)O)O[B-](O)(O)[C@@H]3CC43)C2)CN1. The fourth-order valence-corrected chi connectivity index (χ4v) is 4.82. The molecule has 0 bridgehead atoms. The lowest BCUT2D eigenvalue weighted by Gasteiger charge is -2.41. The van der Waals surface area contributed by atoms with Crippen molar-refractivity contribution in [2.45, 2.75) is 42.8 Å². The van der Waals surface area contributed by atoms with E-state index in [1.807, 2.05) is 0 Å². The average Bonchev–Trinajstić information content (AvgIpc) is 3.52. The first kappa shape index (κ1) is 21.5. The highest BCUT2D eigenvalue weighted by atomic mass is 16.6. The number of carbonyl (C=O) groups excluding carboxylic acids is 1. The molecule has 2 saturated heterocycles. The monoisotopic (exact) mass is 449 g/mol. The molecule has 1 aromatic rings. The zero-order valence-electron chi connectivity index (χ0n) is 17.6. The smallest absolute Gasteiger partial charge is 0.434 e. The summed E-state index contributed by atoms with van der Waals surface area (Å²) in [6.07, 6.45) is 0.296. The summed E-state index contributed by atoms with van der Waals surface area (Å²) in [5.41, 5.74) is 4.29. The van der Waals surface area contributed by atoms with Gasteiger partial charge in [0.1, 0.15) is 17.4 Å². The van der Waals surface area contributed by atoms with E-state index in [2.05, 4.69) is 11.1 Å². The molecule has 3 aliphatic heterocycles. The molecular formula is C20H28BN3O8. The Hall–Kier alpha value is -2.38. The van der Waals surface area contributed by atoms with Crippen LogP contribution >= 0.6 is 0 Å². The fourth-order valence-electron chi connectivity index (χ4n) is 4.82. The molecule has 5 rings (SSSR count). The first-order chi connectivity index (χ1) is 15.3. The van der Waals surface area contributed by atoms with Crippen LogP contribution in [0.3, 0.4) is 0 Å². The number of hydrogen-bond donors (Lipinski definition) is 5. The molecule has 3 unspecified atom stereocenters. The van der Waals surface area contributed by atoms with E-state index in [9.17, 15) is 24.7 Å². The second-order valence-corrected chi connectivity index (χ2v) is 9.14. The minimum absolute atomic E-state index is 0.0338. The lowest BCUT2D eigenvalue weighted by Crippen LogP contribution is -2.63. The normalized spacial score (nSPS) is 30.4. The van der Waals surface area contributed by atoms with Gasteiger partial charge in [-0.15, -0.1) is 0 Å². The molecule has 4 atom stereocenters. The van der Waals surface area contributed by atoms with Crippen molar-refractivity contribution in [3.8, 4) is 11.5 Å². The summed E-state index contributed by atoms with van der Waals surface area (Å²) >= 11 is 0. The maximum Gasteiger partial charge on any atom is 0.434 e. The summed E-state index contributed by atoms with van der Waals surface area (Å²) in [4.78, 5) is 26.1. The largest absolute Gasteiger partial charge is 0.669 e. The van der Waals surface area contributed by atoms with E-state index >= 15 is 0 Å². The molecule has 4 aliphatic rings. The van der Waals surface area contributed by atoms with Gasteiger partial charge in [0.15, 0.2) is 0 Å². The molecular weight excluding hydrogens is 421 g/mol. The van der Waals surface area contributed by atoms with E-state index < -0.39 is 18.5 Å². The van der Waals surface area contributed by atoms with Crippen molar-refractivity contribution in [3.05, 3.63) is 23.3 Å². The number of nitrogens with one attached hydrogen (secondary N) is 1. The number of likely N-dealkylation sites (tertiary alicyclic amines) is 1. The van der Waals surface area contributed by atoms with Gasteiger partial charge in [0.25, 0.3) is 0 Å². The van der Waals surface area contributed by atoms with Crippen LogP contribution in [0.25, 0.3) is 0 Å². The number of benzene rings is 1. The topological polar surface area (TPSA) is 165 Å². The number of quaternary nitrogens is 1. The zero-order valence-corrected chi connectivity index (χ0v) is 17.6. The third kappa shape index (κ3) is 3.82. The van der Waals surface area contributed by atoms with Gasteiger partial charge in [-0.3, -0.25) is 4.79 Å².